The van der Waals surface area contributed by atoms with Gasteiger partial charge in [0, 0.05) is 7.05 Å². The molecule has 0 unspecified atom stereocenters. The van der Waals surface area contributed by atoms with Crippen molar-refractivity contribution in [3.8, 4) is 0 Å². The van der Waals surface area contributed by atoms with E-state index in [0.717, 1.165) is 5.92 Å². The van der Waals surface area contributed by atoms with Crippen molar-refractivity contribution in [2.45, 2.75) is 26.7 Å². The van der Waals surface area contributed by atoms with Crippen molar-refractivity contribution in [2.75, 3.05) is 7.05 Å². The van der Waals surface area contributed by atoms with E-state index in [1.165, 1.54) is 18.4 Å². The molecule has 1 aliphatic rings. The Bertz CT molecular complexity index is 143. The molecule has 0 aromatic carbocycles. The summed E-state index contributed by atoms with van der Waals surface area (Å²) < 4.78 is 0. The molecule has 1 N–H and O–H groups in total. The molecule has 0 radical (unpaired) electrons. The first kappa shape index (κ1) is 14.5. The van der Waals surface area contributed by atoms with Crippen LogP contribution >= 0.6 is 0 Å². The highest BCUT2D eigenvalue weighted by atomic mass is 14.8. The summed E-state index contributed by atoms with van der Waals surface area (Å²) in [7, 11) is 1.88. The minimum absolute atomic E-state index is 0.907. The molecule has 1 fully saturated rings. The summed E-state index contributed by atoms with van der Waals surface area (Å²) in [6.45, 7) is 13.9. The van der Waals surface area contributed by atoms with Crippen LogP contribution in [0.1, 0.15) is 26.7 Å². The van der Waals surface area contributed by atoms with Gasteiger partial charge in [0.05, 0.1) is 0 Å². The van der Waals surface area contributed by atoms with Gasteiger partial charge in [-0.25, -0.2) is 0 Å². The van der Waals surface area contributed by atoms with Crippen molar-refractivity contribution in [3.05, 3.63) is 37.6 Å². The van der Waals surface area contributed by atoms with Gasteiger partial charge in [-0.1, -0.05) is 18.2 Å². The second-order valence-corrected chi connectivity index (χ2v) is 2.91. The molecule has 0 spiro atoms. The van der Waals surface area contributed by atoms with E-state index in [0.29, 0.717) is 0 Å². The zero-order valence-corrected chi connectivity index (χ0v) is 9.27. The van der Waals surface area contributed by atoms with Crippen LogP contribution in [-0.2, 0) is 0 Å². The van der Waals surface area contributed by atoms with Crippen LogP contribution in [0.4, 0.5) is 0 Å². The Morgan fingerprint density at radius 2 is 1.85 bits per heavy atom. The van der Waals surface area contributed by atoms with E-state index in [4.69, 9.17) is 0 Å². The van der Waals surface area contributed by atoms with Crippen LogP contribution in [0.5, 0.6) is 0 Å². The van der Waals surface area contributed by atoms with Crippen LogP contribution in [-0.4, -0.2) is 7.05 Å². The van der Waals surface area contributed by atoms with Crippen LogP contribution in [0.3, 0.4) is 0 Å². The second kappa shape index (κ2) is 11.0. The fourth-order valence-corrected chi connectivity index (χ4v) is 0.743. The zero-order chi connectivity index (χ0) is 10.7. The molecule has 1 rings (SSSR count). The van der Waals surface area contributed by atoms with Gasteiger partial charge in [-0.2, -0.15) is 0 Å². The van der Waals surface area contributed by atoms with Crippen molar-refractivity contribution in [1.29, 1.82) is 0 Å². The van der Waals surface area contributed by atoms with E-state index in [-0.39, 0.29) is 0 Å². The highest BCUT2D eigenvalue weighted by Crippen LogP contribution is 2.34. The van der Waals surface area contributed by atoms with Crippen LogP contribution in [0.2, 0.25) is 0 Å². The van der Waals surface area contributed by atoms with E-state index in [1.54, 1.807) is 0 Å². The van der Waals surface area contributed by atoms with Crippen LogP contribution in [0, 0.1) is 5.92 Å². The molecule has 0 atom stereocenters. The van der Waals surface area contributed by atoms with Gasteiger partial charge >= 0.3 is 0 Å². The molecule has 0 aliphatic heterocycles. The van der Waals surface area contributed by atoms with Gasteiger partial charge in [0.2, 0.25) is 0 Å². The summed E-state index contributed by atoms with van der Waals surface area (Å²) in [5.41, 5.74) is 1.37. The van der Waals surface area contributed by atoms with Gasteiger partial charge in [-0.15, -0.1) is 13.2 Å². The Balaban J connectivity index is 0. The Labute approximate surface area is 83.2 Å². The summed E-state index contributed by atoms with van der Waals surface area (Å²) in [5.74, 6) is 0.907. The van der Waals surface area contributed by atoms with Crippen molar-refractivity contribution in [1.82, 2.24) is 5.32 Å². The van der Waals surface area contributed by atoms with E-state index in [1.807, 2.05) is 26.2 Å². The van der Waals surface area contributed by atoms with E-state index >= 15 is 0 Å². The number of rotatable bonds is 2. The Morgan fingerprint density at radius 1 is 1.38 bits per heavy atom. The van der Waals surface area contributed by atoms with Gasteiger partial charge in [0.1, 0.15) is 0 Å². The molecule has 1 nitrogen and oxygen atoms in total. The lowest BCUT2D eigenvalue weighted by Gasteiger charge is -1.83. The first-order valence-electron chi connectivity index (χ1n) is 4.66. The maximum absolute atomic E-state index is 3.82. The molecule has 0 aromatic heterocycles. The van der Waals surface area contributed by atoms with Gasteiger partial charge in [0.15, 0.2) is 0 Å². The highest BCUT2D eigenvalue weighted by Gasteiger charge is 2.20. The molecule has 1 heteroatoms. The Kier molecular flexibility index (Phi) is 12.3. The average molecular weight is 181 g/mol. The molecule has 0 amide bonds. The summed E-state index contributed by atoms with van der Waals surface area (Å²) in [6.07, 6.45) is 6.62. The lowest BCUT2D eigenvalue weighted by atomic mass is 10.2. The molecule has 76 valence electrons. The molecule has 0 aromatic rings. The van der Waals surface area contributed by atoms with Gasteiger partial charge in [-0.05, 0) is 38.8 Å². The summed E-state index contributed by atoms with van der Waals surface area (Å²) in [5, 5.41) is 2.84. The van der Waals surface area contributed by atoms with Crippen molar-refractivity contribution < 1.29 is 0 Å². The number of hydrogen-bond acceptors (Lipinski definition) is 1. The third-order valence-electron chi connectivity index (χ3n) is 1.61. The van der Waals surface area contributed by atoms with Crippen LogP contribution in [0.15, 0.2) is 37.6 Å². The van der Waals surface area contributed by atoms with Gasteiger partial charge in [0.25, 0.3) is 0 Å². The molecule has 0 saturated heterocycles. The fourth-order valence-electron chi connectivity index (χ4n) is 0.743. The van der Waals surface area contributed by atoms with E-state index < -0.39 is 0 Å². The smallest absolute Gasteiger partial charge is 0.00276 e. The maximum Gasteiger partial charge on any atom is 0.00276 e. The standard InChI is InChI=1S/C6H10.C4H9N.C2H4/c1-5(2)6-3-4-6;1-3-4-5-2;1-2/h6H,1,3-4H2,2H3;3-5H,1-2H3;1-2H2/b;4-3-;. The molecular formula is C12H23N. The Hall–Kier alpha value is -0.980. The minimum atomic E-state index is 0.907. The van der Waals surface area contributed by atoms with Crippen molar-refractivity contribution in [2.24, 2.45) is 5.92 Å². The SMILES string of the molecule is C/C=C\NC.C=C.C=C(C)C1CC1. The van der Waals surface area contributed by atoms with Crippen molar-refractivity contribution >= 4 is 0 Å². The monoisotopic (exact) mass is 181 g/mol. The highest BCUT2D eigenvalue weighted by molar-refractivity contribution is 5.03. The lowest BCUT2D eigenvalue weighted by molar-refractivity contribution is 1.02. The molecular weight excluding hydrogens is 158 g/mol. The molecule has 1 saturated carbocycles. The fraction of sp³-hybridized carbons (Fsp3) is 0.500. The van der Waals surface area contributed by atoms with E-state index in [9.17, 15) is 0 Å². The Morgan fingerprint density at radius 3 is 1.85 bits per heavy atom. The lowest BCUT2D eigenvalue weighted by Crippen LogP contribution is -1.89. The zero-order valence-electron chi connectivity index (χ0n) is 9.27. The maximum atomic E-state index is 3.82. The molecule has 1 aliphatic carbocycles. The summed E-state index contributed by atoms with van der Waals surface area (Å²) in [4.78, 5) is 0. The quantitative estimate of drug-likeness (QED) is 0.643. The predicted molar refractivity (Wildman–Crippen MR) is 62.7 cm³/mol. The average Bonchev–Trinajstić information content (AvgIpc) is 2.93. The normalized spacial score (nSPS) is 13.5. The topological polar surface area (TPSA) is 12.0 Å². The van der Waals surface area contributed by atoms with Gasteiger partial charge < -0.3 is 5.32 Å². The second-order valence-electron chi connectivity index (χ2n) is 2.91. The van der Waals surface area contributed by atoms with Crippen LogP contribution < -0.4 is 5.32 Å². The summed E-state index contributed by atoms with van der Waals surface area (Å²) >= 11 is 0. The molecule has 0 bridgehead atoms. The number of nitrogens with one attached hydrogen (secondary N) is 1. The minimum Gasteiger partial charge on any atom is -0.394 e. The van der Waals surface area contributed by atoms with Crippen molar-refractivity contribution in [3.63, 3.8) is 0 Å². The first-order valence-corrected chi connectivity index (χ1v) is 4.66. The van der Waals surface area contributed by atoms with Crippen LogP contribution in [0.25, 0.3) is 0 Å². The largest absolute Gasteiger partial charge is 0.394 e. The molecule has 0 heterocycles. The number of hydrogen-bond donors (Lipinski definition) is 1. The first-order chi connectivity index (χ1) is 6.22. The van der Waals surface area contributed by atoms with Gasteiger partial charge in [-0.3, -0.25) is 0 Å². The van der Waals surface area contributed by atoms with E-state index in [2.05, 4.69) is 32.0 Å². The third kappa shape index (κ3) is 13.9. The third-order valence-corrected chi connectivity index (χ3v) is 1.61. The summed E-state index contributed by atoms with van der Waals surface area (Å²) in [6, 6.07) is 0. The molecule has 13 heavy (non-hydrogen) atoms. The predicted octanol–water partition coefficient (Wildman–Crippen LogP) is 3.51. The number of allylic oxidation sites excluding steroid dienone is 2.